The Hall–Kier alpha value is -2.96. The van der Waals surface area contributed by atoms with Crippen LogP contribution in [-0.4, -0.2) is 17.5 Å². The molecule has 0 saturated carbocycles. The van der Waals surface area contributed by atoms with E-state index in [-0.39, 0.29) is 0 Å². The smallest absolute Gasteiger partial charge is 0.349 e. The molecule has 0 atom stereocenters. The summed E-state index contributed by atoms with van der Waals surface area (Å²) in [5.74, 6) is -1.59. The summed E-state index contributed by atoms with van der Waals surface area (Å²) in [6.45, 7) is 1.57. The highest BCUT2D eigenvalue weighted by atomic mass is 19.1. The van der Waals surface area contributed by atoms with Crippen molar-refractivity contribution in [1.82, 2.24) is 0 Å². The summed E-state index contributed by atoms with van der Waals surface area (Å²) in [6.07, 6.45) is 0.881. The van der Waals surface area contributed by atoms with Gasteiger partial charge in [0.2, 0.25) is 5.75 Å². The number of carbonyl (C=O) groups is 1. The van der Waals surface area contributed by atoms with E-state index in [0.29, 0.717) is 5.75 Å². The number of nitro benzene ring substituents is 1. The molecule has 0 saturated heterocycles. The van der Waals surface area contributed by atoms with Gasteiger partial charge in [0.05, 0.1) is 4.92 Å². The standard InChI is InChI=1S/C16H14FNO5/c1-2-11-3-6-13(7-4-11)22-10-16(19)23-15-9-12(17)5-8-14(15)18(20)21/h3-9H,2,10H2,1H3. The van der Waals surface area contributed by atoms with E-state index in [2.05, 4.69) is 0 Å². The molecular formula is C16H14FNO5. The number of nitrogens with zero attached hydrogens (tertiary/aromatic N) is 1. The molecule has 23 heavy (non-hydrogen) atoms. The van der Waals surface area contributed by atoms with E-state index in [4.69, 9.17) is 9.47 Å². The predicted octanol–water partition coefficient (Wildman–Crippen LogP) is 3.28. The van der Waals surface area contributed by atoms with Gasteiger partial charge in [-0.2, -0.15) is 0 Å². The number of benzene rings is 2. The van der Waals surface area contributed by atoms with E-state index in [0.717, 1.165) is 30.2 Å². The van der Waals surface area contributed by atoms with Crippen LogP contribution in [0.1, 0.15) is 12.5 Å². The van der Waals surface area contributed by atoms with Gasteiger partial charge in [-0.1, -0.05) is 19.1 Å². The van der Waals surface area contributed by atoms with Gasteiger partial charge in [-0.3, -0.25) is 10.1 Å². The summed E-state index contributed by atoms with van der Waals surface area (Å²) in [6, 6.07) is 9.76. The van der Waals surface area contributed by atoms with Gasteiger partial charge in [-0.15, -0.1) is 0 Å². The van der Waals surface area contributed by atoms with Gasteiger partial charge in [0, 0.05) is 12.1 Å². The van der Waals surface area contributed by atoms with E-state index in [1.54, 1.807) is 12.1 Å². The molecule has 120 valence electrons. The molecule has 7 heteroatoms. The molecule has 0 aliphatic carbocycles. The monoisotopic (exact) mass is 319 g/mol. The predicted molar refractivity (Wildman–Crippen MR) is 80.0 cm³/mol. The van der Waals surface area contributed by atoms with Crippen LogP contribution in [0.5, 0.6) is 11.5 Å². The maximum atomic E-state index is 13.1. The summed E-state index contributed by atoms with van der Waals surface area (Å²) in [7, 11) is 0. The fourth-order valence-electron chi connectivity index (χ4n) is 1.84. The number of aryl methyl sites for hydroxylation is 1. The van der Waals surface area contributed by atoms with Crippen LogP contribution in [0, 0.1) is 15.9 Å². The van der Waals surface area contributed by atoms with Crippen LogP contribution in [0.3, 0.4) is 0 Å². The van der Waals surface area contributed by atoms with Crippen molar-refractivity contribution in [1.29, 1.82) is 0 Å². The SMILES string of the molecule is CCc1ccc(OCC(=O)Oc2cc(F)ccc2[N+](=O)[O-])cc1. The number of ether oxygens (including phenoxy) is 2. The second-order valence-electron chi connectivity index (χ2n) is 4.63. The highest BCUT2D eigenvalue weighted by Crippen LogP contribution is 2.27. The molecule has 2 aromatic carbocycles. The van der Waals surface area contributed by atoms with Crippen LogP contribution in [0.15, 0.2) is 42.5 Å². The van der Waals surface area contributed by atoms with Gasteiger partial charge in [-0.25, -0.2) is 9.18 Å². The molecule has 0 unspecified atom stereocenters. The van der Waals surface area contributed by atoms with Gasteiger partial charge in [0.1, 0.15) is 11.6 Å². The van der Waals surface area contributed by atoms with Gasteiger partial charge in [-0.05, 0) is 30.2 Å². The van der Waals surface area contributed by atoms with E-state index < -0.39 is 34.8 Å². The van der Waals surface area contributed by atoms with Gasteiger partial charge in [0.15, 0.2) is 6.61 Å². The summed E-state index contributed by atoms with van der Waals surface area (Å²) < 4.78 is 23.2. The number of carbonyl (C=O) groups excluding carboxylic acids is 1. The van der Waals surface area contributed by atoms with Crippen molar-refractivity contribution in [2.75, 3.05) is 6.61 Å². The largest absolute Gasteiger partial charge is 0.482 e. The zero-order valence-corrected chi connectivity index (χ0v) is 12.3. The Morgan fingerprint density at radius 2 is 1.91 bits per heavy atom. The topological polar surface area (TPSA) is 78.7 Å². The minimum absolute atomic E-state index is 0.445. The number of hydrogen-bond acceptors (Lipinski definition) is 5. The molecular weight excluding hydrogens is 305 g/mol. The Bertz CT molecular complexity index is 715. The lowest BCUT2D eigenvalue weighted by Gasteiger charge is -2.07. The first-order chi connectivity index (χ1) is 11.0. The summed E-state index contributed by atoms with van der Waals surface area (Å²) in [5.41, 5.74) is 0.627. The minimum Gasteiger partial charge on any atom is -0.482 e. The maximum absolute atomic E-state index is 13.1. The normalized spacial score (nSPS) is 10.2. The second kappa shape index (κ2) is 7.35. The number of esters is 1. The lowest BCUT2D eigenvalue weighted by molar-refractivity contribution is -0.385. The van der Waals surface area contributed by atoms with Crippen molar-refractivity contribution < 1.29 is 23.6 Å². The molecule has 0 amide bonds. The first-order valence-electron chi connectivity index (χ1n) is 6.86. The Morgan fingerprint density at radius 3 is 2.52 bits per heavy atom. The van der Waals surface area contributed by atoms with Crippen molar-refractivity contribution in [3.8, 4) is 11.5 Å². The van der Waals surface area contributed by atoms with Gasteiger partial charge >= 0.3 is 11.7 Å². The molecule has 2 aromatic rings. The quantitative estimate of drug-likeness (QED) is 0.353. The number of halogens is 1. The van der Waals surface area contributed by atoms with Crippen molar-refractivity contribution in [3.63, 3.8) is 0 Å². The molecule has 0 aliphatic heterocycles. The number of hydrogen-bond donors (Lipinski definition) is 0. The van der Waals surface area contributed by atoms with Gasteiger partial charge in [0.25, 0.3) is 0 Å². The molecule has 0 bridgehead atoms. The van der Waals surface area contributed by atoms with Crippen molar-refractivity contribution >= 4 is 11.7 Å². The third-order valence-corrected chi connectivity index (χ3v) is 3.03. The van der Waals surface area contributed by atoms with Crippen LogP contribution >= 0.6 is 0 Å². The highest BCUT2D eigenvalue weighted by Gasteiger charge is 2.19. The first-order valence-corrected chi connectivity index (χ1v) is 6.86. The Morgan fingerprint density at radius 1 is 1.22 bits per heavy atom. The molecule has 0 aliphatic rings. The first kappa shape index (κ1) is 16.4. The van der Waals surface area contributed by atoms with E-state index >= 15 is 0 Å². The Kier molecular flexibility index (Phi) is 5.24. The third-order valence-electron chi connectivity index (χ3n) is 3.03. The van der Waals surface area contributed by atoms with Crippen molar-refractivity contribution in [3.05, 3.63) is 64.0 Å². The van der Waals surface area contributed by atoms with E-state index in [1.165, 1.54) is 0 Å². The molecule has 0 spiro atoms. The van der Waals surface area contributed by atoms with Crippen LogP contribution in [0.2, 0.25) is 0 Å². The Labute approximate surface area is 131 Å². The van der Waals surface area contributed by atoms with E-state index in [1.807, 2.05) is 19.1 Å². The molecule has 0 N–H and O–H groups in total. The average molecular weight is 319 g/mol. The lowest BCUT2D eigenvalue weighted by atomic mass is 10.2. The minimum atomic E-state index is -0.863. The lowest BCUT2D eigenvalue weighted by Crippen LogP contribution is -2.18. The number of rotatable bonds is 6. The highest BCUT2D eigenvalue weighted by molar-refractivity contribution is 5.75. The fourth-order valence-corrected chi connectivity index (χ4v) is 1.84. The van der Waals surface area contributed by atoms with Gasteiger partial charge < -0.3 is 9.47 Å². The van der Waals surface area contributed by atoms with Crippen LogP contribution in [-0.2, 0) is 11.2 Å². The van der Waals surface area contributed by atoms with Crippen LogP contribution in [0.25, 0.3) is 0 Å². The second-order valence-corrected chi connectivity index (χ2v) is 4.63. The zero-order chi connectivity index (χ0) is 16.8. The van der Waals surface area contributed by atoms with Crippen molar-refractivity contribution in [2.45, 2.75) is 13.3 Å². The fraction of sp³-hybridized carbons (Fsp3) is 0.188. The molecule has 0 aromatic heterocycles. The van der Waals surface area contributed by atoms with Crippen LogP contribution in [0.4, 0.5) is 10.1 Å². The molecule has 0 radical (unpaired) electrons. The summed E-state index contributed by atoms with van der Waals surface area (Å²) in [5, 5.41) is 10.8. The summed E-state index contributed by atoms with van der Waals surface area (Å²) >= 11 is 0. The number of nitro groups is 1. The maximum Gasteiger partial charge on any atom is 0.349 e. The third kappa shape index (κ3) is 4.50. The van der Waals surface area contributed by atoms with E-state index in [9.17, 15) is 19.3 Å². The Balaban J connectivity index is 1.99. The zero-order valence-electron chi connectivity index (χ0n) is 12.3. The molecule has 0 heterocycles. The molecule has 6 nitrogen and oxygen atoms in total. The average Bonchev–Trinajstić information content (AvgIpc) is 2.53. The van der Waals surface area contributed by atoms with Crippen LogP contribution < -0.4 is 9.47 Å². The molecule has 2 rings (SSSR count). The summed E-state index contributed by atoms with van der Waals surface area (Å²) in [4.78, 5) is 21.8. The van der Waals surface area contributed by atoms with Crippen molar-refractivity contribution in [2.24, 2.45) is 0 Å². The molecule has 0 fully saturated rings.